The van der Waals surface area contributed by atoms with Crippen LogP contribution in [0.15, 0.2) is 4.52 Å². The maximum atomic E-state index is 12.9. The van der Waals surface area contributed by atoms with Gasteiger partial charge in [-0.2, -0.15) is 10.1 Å². The van der Waals surface area contributed by atoms with Gasteiger partial charge >= 0.3 is 0 Å². The molecule has 134 valence electrons. The van der Waals surface area contributed by atoms with Gasteiger partial charge in [0.2, 0.25) is 11.8 Å². The van der Waals surface area contributed by atoms with Gasteiger partial charge in [0.1, 0.15) is 12.6 Å². The van der Waals surface area contributed by atoms with Crippen LogP contribution in [0.1, 0.15) is 65.7 Å². The van der Waals surface area contributed by atoms with Gasteiger partial charge in [-0.3, -0.25) is 14.3 Å². The Kier molecular flexibility index (Phi) is 4.69. The molecule has 3 heterocycles. The molecule has 0 bridgehead atoms. The summed E-state index contributed by atoms with van der Waals surface area (Å²) in [6, 6.07) is -0.188. The molecule has 1 fully saturated rings. The molecular weight excluding hydrogens is 322 g/mol. The lowest BCUT2D eigenvalue weighted by atomic mass is 10.0. The molecule has 1 atom stereocenters. The fraction of sp³-hybridized carbons (Fsp3) is 0.588. The van der Waals surface area contributed by atoms with E-state index in [4.69, 9.17) is 4.52 Å². The van der Waals surface area contributed by atoms with E-state index in [2.05, 4.69) is 15.2 Å². The Balaban J connectivity index is 1.82. The number of aromatic nitrogens is 4. The summed E-state index contributed by atoms with van der Waals surface area (Å²) in [5.74, 6) is 0.966. The van der Waals surface area contributed by atoms with Crippen molar-refractivity contribution in [2.45, 2.75) is 59.5 Å². The molecule has 3 rings (SSSR count). The lowest BCUT2D eigenvalue weighted by Gasteiger charge is -2.33. The van der Waals surface area contributed by atoms with Gasteiger partial charge in [0.05, 0.1) is 11.3 Å². The Morgan fingerprint density at radius 3 is 2.60 bits per heavy atom. The minimum Gasteiger partial charge on any atom is -0.337 e. The Morgan fingerprint density at radius 2 is 2.00 bits per heavy atom. The van der Waals surface area contributed by atoms with Crippen molar-refractivity contribution >= 4 is 11.7 Å². The van der Waals surface area contributed by atoms with Crippen molar-refractivity contribution in [3.05, 3.63) is 28.7 Å². The van der Waals surface area contributed by atoms with Crippen molar-refractivity contribution in [1.82, 2.24) is 24.8 Å². The number of hydrogen-bond donors (Lipinski definition) is 0. The van der Waals surface area contributed by atoms with E-state index in [9.17, 15) is 9.59 Å². The monoisotopic (exact) mass is 345 g/mol. The number of Topliss-reactive ketones (excluding diaryl/α,β-unsaturated/α-hetero) is 1. The Morgan fingerprint density at radius 1 is 1.24 bits per heavy atom. The highest BCUT2D eigenvalue weighted by Gasteiger charge is 2.32. The predicted molar refractivity (Wildman–Crippen MR) is 89.0 cm³/mol. The molecule has 2 aromatic rings. The molecule has 1 unspecified atom stereocenters. The SMILES string of the molecule is CC(=O)c1c(C)nn(CC(=O)N2CCCCC2c2nc(C)no2)c1C. The maximum Gasteiger partial charge on any atom is 0.249 e. The number of ketones is 1. The summed E-state index contributed by atoms with van der Waals surface area (Å²) in [6.07, 6.45) is 2.78. The van der Waals surface area contributed by atoms with Gasteiger partial charge in [0.25, 0.3) is 0 Å². The minimum absolute atomic E-state index is 0.0362. The van der Waals surface area contributed by atoms with Gasteiger partial charge in [0, 0.05) is 12.2 Å². The summed E-state index contributed by atoms with van der Waals surface area (Å²) < 4.78 is 6.90. The number of amides is 1. The van der Waals surface area contributed by atoms with E-state index in [0.29, 0.717) is 29.5 Å². The third kappa shape index (κ3) is 3.33. The van der Waals surface area contributed by atoms with Crippen LogP contribution in [0.25, 0.3) is 0 Å². The fourth-order valence-electron chi connectivity index (χ4n) is 3.51. The van der Waals surface area contributed by atoms with E-state index >= 15 is 0 Å². The van der Waals surface area contributed by atoms with Gasteiger partial charge in [-0.1, -0.05) is 5.16 Å². The molecule has 0 aliphatic carbocycles. The first-order chi connectivity index (χ1) is 11.9. The van der Waals surface area contributed by atoms with E-state index in [0.717, 1.165) is 25.0 Å². The van der Waals surface area contributed by atoms with Gasteiger partial charge < -0.3 is 9.42 Å². The molecule has 8 heteroatoms. The van der Waals surface area contributed by atoms with Gasteiger partial charge in [-0.05, 0) is 47.0 Å². The number of piperidine rings is 1. The molecule has 0 saturated carbocycles. The molecule has 0 radical (unpaired) electrons. The van der Waals surface area contributed by atoms with Crippen molar-refractivity contribution in [3.63, 3.8) is 0 Å². The van der Waals surface area contributed by atoms with Gasteiger partial charge in [0.15, 0.2) is 11.6 Å². The molecular formula is C17H23N5O3. The van der Waals surface area contributed by atoms with Crippen LogP contribution in [0.3, 0.4) is 0 Å². The molecule has 2 aromatic heterocycles. The van der Waals surface area contributed by atoms with E-state index in [1.54, 1.807) is 23.4 Å². The van der Waals surface area contributed by atoms with Crippen molar-refractivity contribution < 1.29 is 14.1 Å². The molecule has 0 N–H and O–H groups in total. The number of carbonyl (C=O) groups excluding carboxylic acids is 2. The summed E-state index contributed by atoms with van der Waals surface area (Å²) in [6.45, 7) is 7.64. The molecule has 0 spiro atoms. The van der Waals surface area contributed by atoms with E-state index in [-0.39, 0.29) is 24.3 Å². The van der Waals surface area contributed by atoms with E-state index < -0.39 is 0 Å². The molecule has 1 aliphatic rings. The highest BCUT2D eigenvalue weighted by atomic mass is 16.5. The van der Waals surface area contributed by atoms with Crippen LogP contribution in [-0.4, -0.2) is 43.1 Å². The lowest BCUT2D eigenvalue weighted by Crippen LogP contribution is -2.40. The number of hydrogen-bond acceptors (Lipinski definition) is 6. The van der Waals surface area contributed by atoms with Crippen LogP contribution < -0.4 is 0 Å². The molecule has 0 aromatic carbocycles. The number of rotatable bonds is 4. The van der Waals surface area contributed by atoms with Crippen molar-refractivity contribution in [1.29, 1.82) is 0 Å². The quantitative estimate of drug-likeness (QED) is 0.788. The number of carbonyl (C=O) groups is 2. The first-order valence-corrected chi connectivity index (χ1v) is 8.53. The first-order valence-electron chi connectivity index (χ1n) is 8.53. The summed E-state index contributed by atoms with van der Waals surface area (Å²) >= 11 is 0. The second-order valence-electron chi connectivity index (χ2n) is 6.54. The fourth-order valence-corrected chi connectivity index (χ4v) is 3.51. The zero-order valence-corrected chi connectivity index (χ0v) is 15.1. The second-order valence-corrected chi connectivity index (χ2v) is 6.54. The van der Waals surface area contributed by atoms with E-state index in [1.165, 1.54) is 6.92 Å². The zero-order valence-electron chi connectivity index (χ0n) is 15.1. The third-order valence-corrected chi connectivity index (χ3v) is 4.67. The minimum atomic E-state index is -0.188. The highest BCUT2D eigenvalue weighted by molar-refractivity contribution is 5.96. The van der Waals surface area contributed by atoms with Crippen LogP contribution in [0.4, 0.5) is 0 Å². The largest absolute Gasteiger partial charge is 0.337 e. The smallest absolute Gasteiger partial charge is 0.249 e. The predicted octanol–water partition coefficient (Wildman–Crippen LogP) is 2.15. The van der Waals surface area contributed by atoms with E-state index in [1.807, 2.05) is 6.92 Å². The van der Waals surface area contributed by atoms with Crippen molar-refractivity contribution in [2.24, 2.45) is 0 Å². The molecule has 25 heavy (non-hydrogen) atoms. The summed E-state index contributed by atoms with van der Waals surface area (Å²) in [7, 11) is 0. The normalized spacial score (nSPS) is 17.8. The number of likely N-dealkylation sites (tertiary alicyclic amines) is 1. The summed E-state index contributed by atoms with van der Waals surface area (Å²) in [5, 5.41) is 8.20. The topological polar surface area (TPSA) is 94.1 Å². The second kappa shape index (κ2) is 6.78. The van der Waals surface area contributed by atoms with Crippen LogP contribution in [0.2, 0.25) is 0 Å². The molecule has 1 amide bonds. The van der Waals surface area contributed by atoms with Crippen LogP contribution in [0, 0.1) is 20.8 Å². The van der Waals surface area contributed by atoms with Crippen LogP contribution in [0.5, 0.6) is 0 Å². The Labute approximate surface area is 146 Å². The van der Waals surface area contributed by atoms with Gasteiger partial charge in [-0.15, -0.1) is 0 Å². The van der Waals surface area contributed by atoms with Crippen molar-refractivity contribution in [3.8, 4) is 0 Å². The Bertz CT molecular complexity index is 807. The average molecular weight is 345 g/mol. The maximum absolute atomic E-state index is 12.9. The molecule has 1 aliphatic heterocycles. The highest BCUT2D eigenvalue weighted by Crippen LogP contribution is 2.30. The average Bonchev–Trinajstić information content (AvgIpc) is 3.11. The van der Waals surface area contributed by atoms with Crippen LogP contribution in [-0.2, 0) is 11.3 Å². The van der Waals surface area contributed by atoms with Gasteiger partial charge in [-0.25, -0.2) is 0 Å². The molecule has 1 saturated heterocycles. The lowest BCUT2D eigenvalue weighted by molar-refractivity contribution is -0.136. The molecule has 8 nitrogen and oxygen atoms in total. The number of aryl methyl sites for hydroxylation is 2. The first kappa shape index (κ1) is 17.3. The third-order valence-electron chi connectivity index (χ3n) is 4.67. The number of nitrogens with zero attached hydrogens (tertiary/aromatic N) is 5. The zero-order chi connectivity index (χ0) is 18.1. The Hall–Kier alpha value is -2.51. The van der Waals surface area contributed by atoms with Crippen LogP contribution >= 0.6 is 0 Å². The summed E-state index contributed by atoms with van der Waals surface area (Å²) in [4.78, 5) is 30.7. The standard InChI is InChI=1S/C17H23N5O3/c1-10-16(12(3)23)11(2)22(19-10)9-15(24)21-8-6-5-7-14(21)17-18-13(4)20-25-17/h14H,5-9H2,1-4H3. The summed E-state index contributed by atoms with van der Waals surface area (Å²) in [5.41, 5.74) is 1.97. The van der Waals surface area contributed by atoms with Crippen molar-refractivity contribution in [2.75, 3.05) is 6.54 Å².